The van der Waals surface area contributed by atoms with E-state index in [1.54, 1.807) is 0 Å². The van der Waals surface area contributed by atoms with Gasteiger partial charge >= 0.3 is 6.09 Å². The number of amides is 1. The van der Waals surface area contributed by atoms with Gasteiger partial charge < -0.3 is 20.7 Å². The Balaban J connectivity index is 0.00000900. The highest BCUT2D eigenvalue weighted by molar-refractivity contribution is 14.0. The zero-order chi connectivity index (χ0) is 22.8. The van der Waals surface area contributed by atoms with E-state index in [0.717, 1.165) is 25.7 Å². The molecular formula is C20H42IN5O4S. The molecule has 184 valence electrons. The van der Waals surface area contributed by atoms with Gasteiger partial charge in [-0.25, -0.2) is 17.5 Å². The molecule has 0 bridgehead atoms. The molecule has 1 amide bonds. The Bertz CT molecular complexity index is 667. The van der Waals surface area contributed by atoms with Gasteiger partial charge in [0.25, 0.3) is 0 Å². The second-order valence-electron chi connectivity index (χ2n) is 8.86. The number of sulfonamides is 1. The summed E-state index contributed by atoms with van der Waals surface area (Å²) in [4.78, 5) is 16.7. The van der Waals surface area contributed by atoms with Crippen molar-refractivity contribution in [1.82, 2.24) is 20.3 Å². The molecule has 1 heterocycles. The first-order valence-electron chi connectivity index (χ1n) is 10.9. The van der Waals surface area contributed by atoms with Crippen LogP contribution in [0.1, 0.15) is 60.3 Å². The van der Waals surface area contributed by atoms with Gasteiger partial charge in [0.15, 0.2) is 5.96 Å². The second-order valence-corrected chi connectivity index (χ2v) is 10.8. The maximum absolute atomic E-state index is 12.0. The Labute approximate surface area is 205 Å². The summed E-state index contributed by atoms with van der Waals surface area (Å²) in [6.07, 6.45) is 4.61. The number of guanidine groups is 1. The third kappa shape index (κ3) is 13.4. The van der Waals surface area contributed by atoms with Crippen LogP contribution in [0.2, 0.25) is 0 Å². The van der Waals surface area contributed by atoms with Gasteiger partial charge in [-0.1, -0.05) is 19.8 Å². The Morgan fingerprint density at radius 2 is 1.94 bits per heavy atom. The molecule has 1 saturated heterocycles. The monoisotopic (exact) mass is 575 g/mol. The molecule has 11 heteroatoms. The van der Waals surface area contributed by atoms with Crippen molar-refractivity contribution >= 4 is 46.1 Å². The highest BCUT2D eigenvalue weighted by Crippen LogP contribution is 2.18. The lowest BCUT2D eigenvalue weighted by molar-refractivity contribution is 0.0522. The van der Waals surface area contributed by atoms with Crippen molar-refractivity contribution < 1.29 is 17.9 Å². The molecule has 0 spiro atoms. The molecule has 31 heavy (non-hydrogen) atoms. The Hall–Kier alpha value is -0.820. The molecule has 0 aromatic rings. The SMILES string of the molecule is CCCCC(CNC(=O)OC(C)(C)C)NC(=NCC1CCN(S(C)(=O)=O)C1)NCC.I. The van der Waals surface area contributed by atoms with Crippen molar-refractivity contribution in [3.05, 3.63) is 0 Å². The number of unbranched alkanes of at least 4 members (excludes halogenated alkanes) is 1. The maximum Gasteiger partial charge on any atom is 0.407 e. The third-order valence-electron chi connectivity index (χ3n) is 4.71. The molecular weight excluding hydrogens is 533 g/mol. The van der Waals surface area contributed by atoms with E-state index in [1.807, 2.05) is 27.7 Å². The van der Waals surface area contributed by atoms with Crippen LogP contribution in [0.4, 0.5) is 4.79 Å². The number of carbonyl (C=O) groups excluding carboxylic acids is 1. The fraction of sp³-hybridized carbons (Fsp3) is 0.900. The van der Waals surface area contributed by atoms with E-state index in [2.05, 4.69) is 27.9 Å². The molecule has 0 radical (unpaired) electrons. The maximum atomic E-state index is 12.0. The van der Waals surface area contributed by atoms with Crippen LogP contribution in [0.3, 0.4) is 0 Å². The number of hydrogen-bond acceptors (Lipinski definition) is 5. The predicted molar refractivity (Wildman–Crippen MR) is 137 cm³/mol. The van der Waals surface area contributed by atoms with Crippen LogP contribution < -0.4 is 16.0 Å². The molecule has 2 atom stereocenters. The number of nitrogens with zero attached hydrogens (tertiary/aromatic N) is 2. The smallest absolute Gasteiger partial charge is 0.407 e. The molecule has 0 aromatic heterocycles. The summed E-state index contributed by atoms with van der Waals surface area (Å²) in [5.41, 5.74) is -0.534. The van der Waals surface area contributed by atoms with Gasteiger partial charge in [0.2, 0.25) is 10.0 Å². The van der Waals surface area contributed by atoms with Crippen LogP contribution >= 0.6 is 24.0 Å². The third-order valence-corrected chi connectivity index (χ3v) is 5.98. The Morgan fingerprint density at radius 3 is 2.45 bits per heavy atom. The van der Waals surface area contributed by atoms with Crippen molar-refractivity contribution in [2.24, 2.45) is 10.9 Å². The number of halogens is 1. The molecule has 0 saturated carbocycles. The highest BCUT2D eigenvalue weighted by atomic mass is 127. The van der Waals surface area contributed by atoms with E-state index >= 15 is 0 Å². The lowest BCUT2D eigenvalue weighted by Gasteiger charge is -2.24. The first-order chi connectivity index (χ1) is 13.9. The largest absolute Gasteiger partial charge is 0.444 e. The van der Waals surface area contributed by atoms with Crippen molar-refractivity contribution in [2.45, 2.75) is 71.9 Å². The standard InChI is InChI=1S/C20H41N5O4S.HI/c1-7-9-10-17(14-23-19(26)29-20(3,4)5)24-18(21-8-2)22-13-16-11-12-25(15-16)30(6,27)28;/h16-17H,7-15H2,1-6H3,(H,23,26)(H2,21,22,24);1H. The van der Waals surface area contributed by atoms with Crippen molar-refractivity contribution in [3.63, 3.8) is 0 Å². The molecule has 1 rings (SSSR count). The molecule has 1 aliphatic heterocycles. The zero-order valence-corrected chi connectivity index (χ0v) is 23.0. The minimum absolute atomic E-state index is 0. The van der Waals surface area contributed by atoms with E-state index in [-0.39, 0.29) is 35.9 Å². The van der Waals surface area contributed by atoms with Gasteiger partial charge in [0, 0.05) is 38.8 Å². The first-order valence-corrected chi connectivity index (χ1v) is 12.8. The summed E-state index contributed by atoms with van der Waals surface area (Å²) in [5, 5.41) is 9.49. The molecule has 1 fully saturated rings. The fourth-order valence-electron chi connectivity index (χ4n) is 3.18. The molecule has 2 unspecified atom stereocenters. The van der Waals surface area contributed by atoms with Gasteiger partial charge in [-0.15, -0.1) is 24.0 Å². The van der Waals surface area contributed by atoms with Crippen LogP contribution in [0.25, 0.3) is 0 Å². The van der Waals surface area contributed by atoms with Gasteiger partial charge in [-0.2, -0.15) is 0 Å². The quantitative estimate of drug-likeness (QED) is 0.210. The Morgan fingerprint density at radius 1 is 1.26 bits per heavy atom. The lowest BCUT2D eigenvalue weighted by Crippen LogP contribution is -2.49. The topological polar surface area (TPSA) is 112 Å². The van der Waals surface area contributed by atoms with Crippen LogP contribution in [-0.2, 0) is 14.8 Å². The van der Waals surface area contributed by atoms with Gasteiger partial charge in [0.05, 0.1) is 6.26 Å². The number of carbonyl (C=O) groups is 1. The number of rotatable bonds is 10. The minimum Gasteiger partial charge on any atom is -0.444 e. The van der Waals surface area contributed by atoms with Gasteiger partial charge in [-0.3, -0.25) is 4.99 Å². The number of aliphatic imine (C=N–C) groups is 1. The van der Waals surface area contributed by atoms with E-state index in [0.29, 0.717) is 38.7 Å². The summed E-state index contributed by atoms with van der Waals surface area (Å²) in [5.74, 6) is 0.895. The average molecular weight is 576 g/mol. The summed E-state index contributed by atoms with van der Waals surface area (Å²) >= 11 is 0. The molecule has 0 aromatic carbocycles. The van der Waals surface area contributed by atoms with Crippen LogP contribution in [0.5, 0.6) is 0 Å². The number of ether oxygens (including phenoxy) is 1. The van der Waals surface area contributed by atoms with Crippen LogP contribution in [0, 0.1) is 5.92 Å². The predicted octanol–water partition coefficient (Wildman–Crippen LogP) is 2.52. The minimum atomic E-state index is -3.14. The summed E-state index contributed by atoms with van der Waals surface area (Å²) in [6.45, 7) is 12.4. The normalized spacial score (nSPS) is 18.8. The first kappa shape index (κ1) is 30.2. The summed E-state index contributed by atoms with van der Waals surface area (Å²) in [6, 6.07) is 0.0198. The van der Waals surface area contributed by atoms with Crippen molar-refractivity contribution in [3.8, 4) is 0 Å². The number of hydrogen-bond donors (Lipinski definition) is 3. The zero-order valence-electron chi connectivity index (χ0n) is 19.9. The van der Waals surface area contributed by atoms with E-state index in [1.165, 1.54) is 10.6 Å². The molecule has 9 nitrogen and oxygen atoms in total. The van der Waals surface area contributed by atoms with E-state index < -0.39 is 21.7 Å². The van der Waals surface area contributed by atoms with Crippen LogP contribution in [-0.4, -0.2) is 75.4 Å². The van der Waals surface area contributed by atoms with E-state index in [9.17, 15) is 13.2 Å². The number of alkyl carbamates (subject to hydrolysis) is 1. The van der Waals surface area contributed by atoms with E-state index in [4.69, 9.17) is 4.74 Å². The highest BCUT2D eigenvalue weighted by Gasteiger charge is 2.28. The lowest BCUT2D eigenvalue weighted by atomic mass is 10.1. The molecule has 1 aliphatic rings. The van der Waals surface area contributed by atoms with Gasteiger partial charge in [-0.05, 0) is 46.5 Å². The van der Waals surface area contributed by atoms with Crippen molar-refractivity contribution in [2.75, 3.05) is 39.0 Å². The van der Waals surface area contributed by atoms with Crippen molar-refractivity contribution in [1.29, 1.82) is 0 Å². The average Bonchev–Trinajstić information content (AvgIpc) is 3.10. The summed E-state index contributed by atoms with van der Waals surface area (Å²) < 4.78 is 30.2. The number of nitrogens with one attached hydrogen (secondary N) is 3. The molecule has 3 N–H and O–H groups in total. The fourth-order valence-corrected chi connectivity index (χ4v) is 4.10. The Kier molecular flexibility index (Phi) is 14.0. The van der Waals surface area contributed by atoms with Crippen LogP contribution in [0.15, 0.2) is 4.99 Å². The van der Waals surface area contributed by atoms with Gasteiger partial charge in [0.1, 0.15) is 5.60 Å². The second kappa shape index (κ2) is 14.4. The molecule has 0 aliphatic carbocycles. The summed E-state index contributed by atoms with van der Waals surface area (Å²) in [7, 11) is -3.14.